The van der Waals surface area contributed by atoms with E-state index in [1.54, 1.807) is 0 Å². The summed E-state index contributed by atoms with van der Waals surface area (Å²) in [6.45, 7) is 5.35. The number of ether oxygens (including phenoxy) is 2. The first-order chi connectivity index (χ1) is 6.74. The third kappa shape index (κ3) is 1.93. The van der Waals surface area contributed by atoms with Crippen molar-refractivity contribution >= 4 is 0 Å². The van der Waals surface area contributed by atoms with Crippen molar-refractivity contribution in [1.82, 2.24) is 5.32 Å². The van der Waals surface area contributed by atoms with Gasteiger partial charge >= 0.3 is 0 Å². The fourth-order valence-electron chi connectivity index (χ4n) is 2.29. The van der Waals surface area contributed by atoms with Crippen LogP contribution >= 0.6 is 0 Å². The molecule has 4 heteroatoms. The van der Waals surface area contributed by atoms with Crippen LogP contribution in [-0.4, -0.2) is 38.1 Å². The lowest BCUT2D eigenvalue weighted by Crippen LogP contribution is -2.45. The molecule has 0 aromatic heterocycles. The number of rotatable bonds is 2. The van der Waals surface area contributed by atoms with Crippen LogP contribution in [0.3, 0.4) is 0 Å². The van der Waals surface area contributed by atoms with Crippen molar-refractivity contribution in [2.75, 3.05) is 26.2 Å². The number of hydrogen-bond donors (Lipinski definition) is 2. The summed E-state index contributed by atoms with van der Waals surface area (Å²) in [5, 5.41) is 3.38. The molecule has 3 unspecified atom stereocenters. The van der Waals surface area contributed by atoms with Crippen LogP contribution in [0.15, 0.2) is 0 Å². The van der Waals surface area contributed by atoms with Crippen molar-refractivity contribution in [3.8, 4) is 0 Å². The van der Waals surface area contributed by atoms with Crippen molar-refractivity contribution in [1.29, 1.82) is 0 Å². The van der Waals surface area contributed by atoms with E-state index < -0.39 is 5.79 Å². The Morgan fingerprint density at radius 2 is 2.43 bits per heavy atom. The maximum absolute atomic E-state index is 5.85. The van der Waals surface area contributed by atoms with Gasteiger partial charge in [-0.15, -0.1) is 0 Å². The van der Waals surface area contributed by atoms with Gasteiger partial charge in [-0.3, -0.25) is 0 Å². The Kier molecular flexibility index (Phi) is 3.07. The molecule has 0 saturated carbocycles. The molecular weight excluding hydrogens is 180 g/mol. The molecule has 0 aromatic rings. The Bertz CT molecular complexity index is 195. The van der Waals surface area contributed by atoms with Gasteiger partial charge < -0.3 is 20.5 Å². The van der Waals surface area contributed by atoms with Crippen molar-refractivity contribution in [3.05, 3.63) is 0 Å². The minimum Gasteiger partial charge on any atom is -0.347 e. The number of nitrogens with two attached hydrogens (primary N) is 1. The van der Waals surface area contributed by atoms with E-state index in [1.165, 1.54) is 12.8 Å². The number of hydrogen-bond acceptors (Lipinski definition) is 4. The van der Waals surface area contributed by atoms with E-state index in [0.29, 0.717) is 19.1 Å². The molecule has 3 atom stereocenters. The summed E-state index contributed by atoms with van der Waals surface area (Å²) >= 11 is 0. The van der Waals surface area contributed by atoms with Crippen LogP contribution in [0, 0.1) is 5.92 Å². The zero-order valence-corrected chi connectivity index (χ0v) is 8.79. The van der Waals surface area contributed by atoms with Gasteiger partial charge in [0.1, 0.15) is 0 Å². The Morgan fingerprint density at radius 1 is 1.57 bits per heavy atom. The lowest BCUT2D eigenvalue weighted by Gasteiger charge is -2.35. The van der Waals surface area contributed by atoms with Gasteiger partial charge in [0, 0.05) is 19.0 Å². The molecule has 0 aromatic carbocycles. The van der Waals surface area contributed by atoms with Gasteiger partial charge in [0.05, 0.1) is 12.7 Å². The standard InChI is InChI=1S/C10H20N2O2/c1-10(8-3-2-4-12-6-8)13-7-9(5-11)14-10/h8-9,12H,2-7,11H2,1H3. The summed E-state index contributed by atoms with van der Waals surface area (Å²) in [7, 11) is 0. The van der Waals surface area contributed by atoms with E-state index in [1.807, 2.05) is 6.92 Å². The Labute approximate surface area is 85.1 Å². The van der Waals surface area contributed by atoms with Crippen LogP contribution in [0.4, 0.5) is 0 Å². The smallest absolute Gasteiger partial charge is 0.170 e. The zero-order valence-electron chi connectivity index (χ0n) is 8.79. The van der Waals surface area contributed by atoms with Gasteiger partial charge in [-0.05, 0) is 26.3 Å². The average Bonchev–Trinajstić information content (AvgIpc) is 2.63. The molecule has 0 spiro atoms. The topological polar surface area (TPSA) is 56.5 Å². The molecule has 0 radical (unpaired) electrons. The van der Waals surface area contributed by atoms with Gasteiger partial charge in [-0.2, -0.15) is 0 Å². The van der Waals surface area contributed by atoms with Gasteiger partial charge in [-0.1, -0.05) is 0 Å². The highest BCUT2D eigenvalue weighted by atomic mass is 16.7. The number of nitrogens with one attached hydrogen (secondary N) is 1. The van der Waals surface area contributed by atoms with E-state index in [-0.39, 0.29) is 6.10 Å². The third-order valence-electron chi connectivity index (χ3n) is 3.26. The Morgan fingerprint density at radius 3 is 3.00 bits per heavy atom. The second-order valence-corrected chi connectivity index (χ2v) is 4.35. The van der Waals surface area contributed by atoms with Crippen LogP contribution in [0.5, 0.6) is 0 Å². The maximum atomic E-state index is 5.85. The van der Waals surface area contributed by atoms with E-state index in [2.05, 4.69) is 5.32 Å². The quantitative estimate of drug-likeness (QED) is 0.662. The van der Waals surface area contributed by atoms with Gasteiger partial charge in [0.25, 0.3) is 0 Å². The molecule has 2 aliphatic heterocycles. The molecule has 2 aliphatic rings. The number of piperidine rings is 1. The van der Waals surface area contributed by atoms with E-state index in [4.69, 9.17) is 15.2 Å². The van der Waals surface area contributed by atoms with E-state index in [0.717, 1.165) is 13.1 Å². The van der Waals surface area contributed by atoms with Crippen LogP contribution in [0.1, 0.15) is 19.8 Å². The minimum atomic E-state index is -0.405. The van der Waals surface area contributed by atoms with E-state index >= 15 is 0 Å². The first-order valence-corrected chi connectivity index (χ1v) is 5.47. The molecule has 2 saturated heterocycles. The largest absolute Gasteiger partial charge is 0.347 e. The molecule has 82 valence electrons. The van der Waals surface area contributed by atoms with E-state index in [9.17, 15) is 0 Å². The summed E-state index contributed by atoms with van der Waals surface area (Å²) in [4.78, 5) is 0. The predicted molar refractivity (Wildman–Crippen MR) is 53.9 cm³/mol. The highest BCUT2D eigenvalue weighted by Gasteiger charge is 2.43. The monoisotopic (exact) mass is 200 g/mol. The normalized spacial score (nSPS) is 44.1. The lowest BCUT2D eigenvalue weighted by atomic mass is 9.92. The summed E-state index contributed by atoms with van der Waals surface area (Å²) in [6.07, 6.45) is 2.48. The van der Waals surface area contributed by atoms with Crippen LogP contribution < -0.4 is 11.1 Å². The molecule has 2 fully saturated rings. The van der Waals surface area contributed by atoms with Crippen molar-refractivity contribution < 1.29 is 9.47 Å². The molecule has 0 bridgehead atoms. The first-order valence-electron chi connectivity index (χ1n) is 5.47. The summed E-state index contributed by atoms with van der Waals surface area (Å²) in [6, 6.07) is 0. The summed E-state index contributed by atoms with van der Waals surface area (Å²) in [5.41, 5.74) is 5.56. The average molecular weight is 200 g/mol. The summed E-state index contributed by atoms with van der Waals surface area (Å²) < 4.78 is 11.6. The van der Waals surface area contributed by atoms with Crippen molar-refractivity contribution in [2.24, 2.45) is 11.7 Å². The van der Waals surface area contributed by atoms with Crippen molar-refractivity contribution in [3.63, 3.8) is 0 Å². The fraction of sp³-hybridized carbons (Fsp3) is 1.00. The van der Waals surface area contributed by atoms with Crippen LogP contribution in [0.25, 0.3) is 0 Å². The molecule has 3 N–H and O–H groups in total. The molecule has 2 heterocycles. The van der Waals surface area contributed by atoms with Gasteiger partial charge in [0.2, 0.25) is 0 Å². The minimum absolute atomic E-state index is 0.0851. The Hall–Kier alpha value is -0.160. The molecule has 0 amide bonds. The highest BCUT2D eigenvalue weighted by molar-refractivity contribution is 4.85. The van der Waals surface area contributed by atoms with Crippen molar-refractivity contribution in [2.45, 2.75) is 31.7 Å². The molecule has 4 nitrogen and oxygen atoms in total. The summed E-state index contributed by atoms with van der Waals surface area (Å²) in [5.74, 6) is 0.0603. The molecular formula is C10H20N2O2. The third-order valence-corrected chi connectivity index (χ3v) is 3.26. The molecule has 0 aliphatic carbocycles. The predicted octanol–water partition coefficient (Wildman–Crippen LogP) is 0.0763. The van der Waals surface area contributed by atoms with Gasteiger partial charge in [-0.25, -0.2) is 0 Å². The Balaban J connectivity index is 1.94. The SMILES string of the molecule is CC1(C2CCCNC2)OCC(CN)O1. The molecule has 2 rings (SSSR count). The van der Waals surface area contributed by atoms with Crippen LogP contribution in [-0.2, 0) is 9.47 Å². The maximum Gasteiger partial charge on any atom is 0.170 e. The zero-order chi connectivity index (χ0) is 10.0. The second kappa shape index (κ2) is 4.14. The highest BCUT2D eigenvalue weighted by Crippen LogP contribution is 2.34. The second-order valence-electron chi connectivity index (χ2n) is 4.35. The van der Waals surface area contributed by atoms with Gasteiger partial charge in [0.15, 0.2) is 5.79 Å². The van der Waals surface area contributed by atoms with Crippen LogP contribution in [0.2, 0.25) is 0 Å². The lowest BCUT2D eigenvalue weighted by molar-refractivity contribution is -0.193. The molecule has 14 heavy (non-hydrogen) atoms. The fourth-order valence-corrected chi connectivity index (χ4v) is 2.29. The first kappa shape index (κ1) is 10.4.